The second-order valence-corrected chi connectivity index (χ2v) is 7.12. The summed E-state index contributed by atoms with van der Waals surface area (Å²) >= 11 is 0. The molecule has 0 radical (unpaired) electrons. The lowest BCUT2D eigenvalue weighted by Gasteiger charge is -2.13. The zero-order chi connectivity index (χ0) is 20.1. The molecule has 1 aromatic heterocycles. The minimum absolute atomic E-state index is 0.0617. The van der Waals surface area contributed by atoms with Gasteiger partial charge in [-0.2, -0.15) is 0 Å². The fourth-order valence-electron chi connectivity index (χ4n) is 3.19. The smallest absolute Gasteiger partial charge is 0.232 e. The summed E-state index contributed by atoms with van der Waals surface area (Å²) in [6.07, 6.45) is 0.918. The van der Waals surface area contributed by atoms with Gasteiger partial charge in [-0.05, 0) is 50.1 Å². The normalized spacial score (nSPS) is 11.9. The summed E-state index contributed by atoms with van der Waals surface area (Å²) in [4.78, 5) is 9.49. The van der Waals surface area contributed by atoms with E-state index in [4.69, 9.17) is 19.1 Å². The van der Waals surface area contributed by atoms with Crippen molar-refractivity contribution in [2.45, 2.75) is 26.4 Å². The van der Waals surface area contributed by atoms with Crippen LogP contribution in [-0.4, -0.2) is 17.6 Å². The highest BCUT2D eigenvalue weighted by atomic mass is 16.5. The molecule has 0 amide bonds. The lowest BCUT2D eigenvalue weighted by molar-refractivity contribution is 0.243. The lowest BCUT2D eigenvalue weighted by Crippen LogP contribution is -2.09. The summed E-state index contributed by atoms with van der Waals surface area (Å²) in [6.45, 7) is 4.66. The summed E-state index contributed by atoms with van der Waals surface area (Å²) < 4.78 is 12.1. The molecule has 4 nitrogen and oxygen atoms in total. The predicted molar refractivity (Wildman–Crippen MR) is 116 cm³/mol. The number of benzene rings is 3. The first-order chi connectivity index (χ1) is 14.2. The molecule has 0 N–H and O–H groups in total. The maximum absolute atomic E-state index is 6.18. The quantitative estimate of drug-likeness (QED) is 0.446. The van der Waals surface area contributed by atoms with E-state index in [0.717, 1.165) is 28.6 Å². The number of nitrogens with zero attached hydrogens (tertiary/aromatic N) is 2. The molecule has 0 aliphatic carbocycles. The topological polar surface area (TPSA) is 47.6 Å². The Morgan fingerprint density at radius 3 is 2.45 bits per heavy atom. The number of para-hydroxylation sites is 2. The van der Waals surface area contributed by atoms with E-state index in [1.807, 2.05) is 80.6 Å². The van der Waals surface area contributed by atoms with E-state index in [-0.39, 0.29) is 6.10 Å². The first-order valence-corrected chi connectivity index (χ1v) is 9.91. The zero-order valence-corrected chi connectivity index (χ0v) is 16.7. The van der Waals surface area contributed by atoms with E-state index in [1.54, 1.807) is 0 Å². The first kappa shape index (κ1) is 18.9. The van der Waals surface area contributed by atoms with Crippen molar-refractivity contribution in [3.05, 3.63) is 90.0 Å². The third kappa shape index (κ3) is 4.54. The van der Waals surface area contributed by atoms with Crippen molar-refractivity contribution in [2.75, 3.05) is 6.54 Å². The molecule has 0 unspecified atom stereocenters. The summed E-state index contributed by atoms with van der Waals surface area (Å²) in [7, 11) is 0. The van der Waals surface area contributed by atoms with Gasteiger partial charge in [-0.25, -0.2) is 4.98 Å². The van der Waals surface area contributed by atoms with Gasteiger partial charge in [0.1, 0.15) is 5.75 Å². The average Bonchev–Trinajstić information content (AvgIpc) is 2.74. The second kappa shape index (κ2) is 8.74. The van der Waals surface area contributed by atoms with Gasteiger partial charge in [0.15, 0.2) is 0 Å². The zero-order valence-electron chi connectivity index (χ0n) is 16.7. The van der Waals surface area contributed by atoms with Gasteiger partial charge in [-0.1, -0.05) is 54.6 Å². The van der Waals surface area contributed by atoms with Gasteiger partial charge in [0.25, 0.3) is 0 Å². The minimum Gasteiger partial charge on any atom is -0.490 e. The highest BCUT2D eigenvalue weighted by Crippen LogP contribution is 2.29. The van der Waals surface area contributed by atoms with Crippen LogP contribution in [0.2, 0.25) is 0 Å². The van der Waals surface area contributed by atoms with Crippen LogP contribution in [0.4, 0.5) is 0 Å². The molecule has 0 saturated heterocycles. The highest BCUT2D eigenvalue weighted by molar-refractivity contribution is 5.79. The number of ether oxygens (including phenoxy) is 1. The first-order valence-electron chi connectivity index (χ1n) is 9.91. The molecule has 0 spiro atoms. The summed E-state index contributed by atoms with van der Waals surface area (Å²) in [5.74, 6) is 1.27. The van der Waals surface area contributed by atoms with Crippen LogP contribution in [0.5, 0.6) is 5.75 Å². The molecule has 4 heteroatoms. The van der Waals surface area contributed by atoms with Crippen LogP contribution in [0.15, 0.2) is 88.3 Å². The van der Waals surface area contributed by atoms with E-state index < -0.39 is 0 Å². The Labute approximate surface area is 170 Å². The molecule has 3 aromatic carbocycles. The number of aromatic nitrogens is 1. The summed E-state index contributed by atoms with van der Waals surface area (Å²) in [5.41, 5.74) is 3.53. The minimum atomic E-state index is 0.0617. The van der Waals surface area contributed by atoms with Gasteiger partial charge in [-0.3, -0.25) is 4.99 Å². The van der Waals surface area contributed by atoms with Crippen molar-refractivity contribution >= 4 is 10.9 Å². The predicted octanol–water partition coefficient (Wildman–Crippen LogP) is 5.43. The molecule has 0 aliphatic heterocycles. The van der Waals surface area contributed by atoms with Crippen molar-refractivity contribution < 1.29 is 9.15 Å². The maximum atomic E-state index is 6.18. The largest absolute Gasteiger partial charge is 0.490 e. The molecule has 4 rings (SSSR count). The van der Waals surface area contributed by atoms with E-state index in [0.29, 0.717) is 18.0 Å². The Kier molecular flexibility index (Phi) is 5.71. The van der Waals surface area contributed by atoms with Gasteiger partial charge >= 0.3 is 0 Å². The van der Waals surface area contributed by atoms with Crippen molar-refractivity contribution in [2.24, 2.45) is 4.99 Å². The average molecular weight is 384 g/mol. The Bertz CT molecular complexity index is 1160. The van der Waals surface area contributed by atoms with Crippen molar-refractivity contribution in [3.8, 4) is 17.2 Å². The fourth-order valence-corrected chi connectivity index (χ4v) is 3.19. The Morgan fingerprint density at radius 1 is 0.897 bits per heavy atom. The molecule has 29 heavy (non-hydrogen) atoms. The van der Waals surface area contributed by atoms with Crippen LogP contribution in [0.3, 0.4) is 0 Å². The third-order valence-electron chi connectivity index (χ3n) is 4.53. The van der Waals surface area contributed by atoms with Crippen LogP contribution >= 0.6 is 0 Å². The number of rotatable bonds is 6. The van der Waals surface area contributed by atoms with Gasteiger partial charge < -0.3 is 9.15 Å². The standard InChI is InChI=1S/C25H24N2O2/c1-18(2)28-23-15-9-7-13-21(23)25-27-22-14-8-6-12-20(22)24(29-25)26-17-16-19-10-4-3-5-11-19/h3-15,18H,16-17H2,1-2H3. The maximum Gasteiger partial charge on any atom is 0.232 e. The molecular weight excluding hydrogens is 360 g/mol. The second-order valence-electron chi connectivity index (χ2n) is 7.12. The number of hydrogen-bond donors (Lipinski definition) is 0. The Balaban J connectivity index is 1.76. The molecule has 0 bridgehead atoms. The van der Waals surface area contributed by atoms with Gasteiger partial charge in [0, 0.05) is 6.54 Å². The van der Waals surface area contributed by atoms with Gasteiger partial charge in [-0.15, -0.1) is 0 Å². The summed E-state index contributed by atoms with van der Waals surface area (Å²) in [6, 6.07) is 26.1. The third-order valence-corrected chi connectivity index (χ3v) is 4.53. The Hall–Kier alpha value is -3.40. The van der Waals surface area contributed by atoms with Crippen molar-refractivity contribution in [3.63, 3.8) is 0 Å². The van der Waals surface area contributed by atoms with Gasteiger partial charge in [0.05, 0.1) is 22.6 Å². The van der Waals surface area contributed by atoms with E-state index in [1.165, 1.54) is 5.56 Å². The Morgan fingerprint density at radius 2 is 1.62 bits per heavy atom. The molecule has 1 heterocycles. The monoisotopic (exact) mass is 384 g/mol. The fraction of sp³-hybridized carbons (Fsp3) is 0.200. The molecular formula is C25H24N2O2. The van der Waals surface area contributed by atoms with E-state index in [9.17, 15) is 0 Å². The molecule has 4 aromatic rings. The van der Waals surface area contributed by atoms with E-state index >= 15 is 0 Å². The van der Waals surface area contributed by atoms with Crippen LogP contribution in [0.1, 0.15) is 19.4 Å². The lowest BCUT2D eigenvalue weighted by atomic mass is 10.1. The molecule has 0 atom stereocenters. The molecule has 0 aliphatic rings. The van der Waals surface area contributed by atoms with Crippen LogP contribution in [0, 0.1) is 0 Å². The van der Waals surface area contributed by atoms with Crippen LogP contribution < -0.4 is 10.3 Å². The van der Waals surface area contributed by atoms with Crippen molar-refractivity contribution in [1.29, 1.82) is 0 Å². The van der Waals surface area contributed by atoms with Crippen LogP contribution in [-0.2, 0) is 6.42 Å². The highest BCUT2D eigenvalue weighted by Gasteiger charge is 2.13. The number of hydrogen-bond acceptors (Lipinski definition) is 4. The molecule has 146 valence electrons. The summed E-state index contributed by atoms with van der Waals surface area (Å²) in [5, 5.41) is 0.909. The van der Waals surface area contributed by atoms with E-state index in [2.05, 4.69) is 12.1 Å². The molecule has 0 saturated carbocycles. The van der Waals surface area contributed by atoms with Gasteiger partial charge in [0.2, 0.25) is 11.4 Å². The van der Waals surface area contributed by atoms with Crippen molar-refractivity contribution in [1.82, 2.24) is 4.98 Å². The number of fused-ring (bicyclic) bond motifs is 1. The van der Waals surface area contributed by atoms with Crippen LogP contribution in [0.25, 0.3) is 22.4 Å². The molecule has 0 fully saturated rings. The SMILES string of the molecule is CC(C)Oc1ccccc1-c1nc2ccccc2c(=NCCc2ccccc2)o1.